The van der Waals surface area contributed by atoms with Crippen LogP contribution in [0, 0.1) is 6.92 Å². The summed E-state index contributed by atoms with van der Waals surface area (Å²) in [6.45, 7) is 1.67. The Bertz CT molecular complexity index is 792. The van der Waals surface area contributed by atoms with Crippen LogP contribution in [-0.2, 0) is 6.18 Å². The molecule has 0 saturated heterocycles. The van der Waals surface area contributed by atoms with Gasteiger partial charge in [-0.15, -0.1) is 0 Å². The van der Waals surface area contributed by atoms with Gasteiger partial charge in [-0.25, -0.2) is 4.68 Å². The maximum Gasteiger partial charge on any atom is 0.416 e. The number of carbonyl (C=O) groups is 1. The van der Waals surface area contributed by atoms with Gasteiger partial charge in [-0.1, -0.05) is 6.07 Å². The highest BCUT2D eigenvalue weighted by Crippen LogP contribution is 2.30. The van der Waals surface area contributed by atoms with Crippen LogP contribution < -0.4 is 11.1 Å². The van der Waals surface area contributed by atoms with Crippen molar-refractivity contribution < 1.29 is 18.0 Å². The van der Waals surface area contributed by atoms with Crippen LogP contribution in [0.1, 0.15) is 47.3 Å². The average Bonchev–Trinajstić information content (AvgIpc) is 2.98. The standard InChI is InChI=1S/C18H21F3N4O/c1-11-16(17(26)24-14-7-5-13(22)6-8-14)10-23-25(11)15-4-2-3-12(9-15)18(19,20)21/h2-4,9-10,13-14H,5-8,22H2,1H3,(H,24,26). The number of hydrogen-bond acceptors (Lipinski definition) is 3. The van der Waals surface area contributed by atoms with Crippen LogP contribution >= 0.6 is 0 Å². The van der Waals surface area contributed by atoms with Crippen molar-refractivity contribution in [3.63, 3.8) is 0 Å². The first-order valence-corrected chi connectivity index (χ1v) is 8.54. The lowest BCUT2D eigenvalue weighted by Gasteiger charge is -2.26. The lowest BCUT2D eigenvalue weighted by Crippen LogP contribution is -2.40. The second-order valence-corrected chi connectivity index (χ2v) is 6.69. The molecule has 3 rings (SSSR count). The van der Waals surface area contributed by atoms with Crippen molar-refractivity contribution in [3.05, 3.63) is 47.3 Å². The number of nitrogens with two attached hydrogens (primary N) is 1. The monoisotopic (exact) mass is 366 g/mol. The Morgan fingerprint density at radius 2 is 1.96 bits per heavy atom. The van der Waals surface area contributed by atoms with Crippen molar-refractivity contribution >= 4 is 5.91 Å². The molecule has 5 nitrogen and oxygen atoms in total. The maximum absolute atomic E-state index is 12.9. The van der Waals surface area contributed by atoms with Crippen molar-refractivity contribution in [2.45, 2.75) is 50.9 Å². The molecule has 1 aromatic carbocycles. The molecular formula is C18H21F3N4O. The zero-order valence-corrected chi connectivity index (χ0v) is 14.4. The normalized spacial score (nSPS) is 20.8. The molecule has 8 heteroatoms. The van der Waals surface area contributed by atoms with Crippen molar-refractivity contribution in [1.29, 1.82) is 0 Å². The van der Waals surface area contributed by atoms with E-state index < -0.39 is 11.7 Å². The summed E-state index contributed by atoms with van der Waals surface area (Å²) in [4.78, 5) is 12.5. The number of amides is 1. The van der Waals surface area contributed by atoms with Gasteiger partial charge in [0.2, 0.25) is 0 Å². The van der Waals surface area contributed by atoms with Crippen LogP contribution in [0.4, 0.5) is 13.2 Å². The number of alkyl halides is 3. The van der Waals surface area contributed by atoms with Crippen LogP contribution in [0.15, 0.2) is 30.5 Å². The Kier molecular flexibility index (Phi) is 5.04. The molecule has 1 saturated carbocycles. The number of hydrogen-bond donors (Lipinski definition) is 2. The minimum atomic E-state index is -4.43. The fourth-order valence-electron chi connectivity index (χ4n) is 3.23. The zero-order valence-electron chi connectivity index (χ0n) is 14.4. The second kappa shape index (κ2) is 7.11. The van der Waals surface area contributed by atoms with Gasteiger partial charge in [-0.3, -0.25) is 4.79 Å². The van der Waals surface area contributed by atoms with E-state index in [1.165, 1.54) is 23.0 Å². The van der Waals surface area contributed by atoms with Crippen LogP contribution in [0.25, 0.3) is 5.69 Å². The molecule has 0 spiro atoms. The first-order valence-electron chi connectivity index (χ1n) is 8.54. The molecule has 0 atom stereocenters. The topological polar surface area (TPSA) is 72.9 Å². The van der Waals surface area contributed by atoms with Crippen LogP contribution in [0.5, 0.6) is 0 Å². The van der Waals surface area contributed by atoms with E-state index >= 15 is 0 Å². The third-order valence-corrected chi connectivity index (χ3v) is 4.78. The fourth-order valence-corrected chi connectivity index (χ4v) is 3.23. The molecule has 1 fully saturated rings. The molecule has 0 aliphatic heterocycles. The van der Waals surface area contributed by atoms with Crippen LogP contribution in [-0.4, -0.2) is 27.8 Å². The Hall–Kier alpha value is -2.35. The number of benzene rings is 1. The van der Waals surface area contributed by atoms with Gasteiger partial charge in [0.1, 0.15) is 0 Å². The molecule has 3 N–H and O–H groups in total. The Morgan fingerprint density at radius 1 is 1.27 bits per heavy atom. The van der Waals surface area contributed by atoms with E-state index in [1.807, 2.05) is 0 Å². The zero-order chi connectivity index (χ0) is 18.9. The summed E-state index contributed by atoms with van der Waals surface area (Å²) >= 11 is 0. The summed E-state index contributed by atoms with van der Waals surface area (Å²) in [6.07, 6.45) is 0.348. The number of nitrogens with one attached hydrogen (secondary N) is 1. The molecule has 1 aliphatic carbocycles. The maximum atomic E-state index is 12.9. The van der Waals surface area contributed by atoms with E-state index in [1.54, 1.807) is 6.92 Å². The number of rotatable bonds is 3. The van der Waals surface area contributed by atoms with Gasteiger partial charge in [0.25, 0.3) is 5.91 Å². The van der Waals surface area contributed by atoms with Gasteiger partial charge in [0.15, 0.2) is 0 Å². The molecule has 1 amide bonds. The average molecular weight is 366 g/mol. The van der Waals surface area contributed by atoms with Gasteiger partial charge in [-0.05, 0) is 50.8 Å². The molecule has 1 aromatic heterocycles. The fraction of sp³-hybridized carbons (Fsp3) is 0.444. The van der Waals surface area contributed by atoms with Crippen molar-refractivity contribution in [3.8, 4) is 5.69 Å². The molecule has 1 heterocycles. The number of halogens is 3. The third-order valence-electron chi connectivity index (χ3n) is 4.78. The second-order valence-electron chi connectivity index (χ2n) is 6.69. The molecule has 2 aromatic rings. The van der Waals surface area contributed by atoms with E-state index in [0.29, 0.717) is 11.3 Å². The summed E-state index contributed by atoms with van der Waals surface area (Å²) in [5, 5.41) is 7.07. The molecule has 0 unspecified atom stereocenters. The van der Waals surface area contributed by atoms with E-state index in [4.69, 9.17) is 5.73 Å². The molecule has 1 aliphatic rings. The highest BCUT2D eigenvalue weighted by molar-refractivity contribution is 5.95. The summed E-state index contributed by atoms with van der Waals surface area (Å²) in [5.74, 6) is -0.263. The number of aromatic nitrogens is 2. The van der Waals surface area contributed by atoms with E-state index in [2.05, 4.69) is 10.4 Å². The van der Waals surface area contributed by atoms with Gasteiger partial charge in [-0.2, -0.15) is 18.3 Å². The van der Waals surface area contributed by atoms with Gasteiger partial charge in [0, 0.05) is 12.1 Å². The number of nitrogens with zero attached hydrogens (tertiary/aromatic N) is 2. The summed E-state index contributed by atoms with van der Waals surface area (Å²) in [5.41, 5.74) is 6.23. The number of carbonyl (C=O) groups excluding carboxylic acids is 1. The Morgan fingerprint density at radius 3 is 2.62 bits per heavy atom. The van der Waals surface area contributed by atoms with Crippen molar-refractivity contribution in [2.24, 2.45) is 5.73 Å². The highest BCUT2D eigenvalue weighted by Gasteiger charge is 2.31. The SMILES string of the molecule is Cc1c(C(=O)NC2CCC(N)CC2)cnn1-c1cccc(C(F)(F)F)c1. The van der Waals surface area contributed by atoms with Crippen LogP contribution in [0.3, 0.4) is 0 Å². The van der Waals surface area contributed by atoms with Crippen molar-refractivity contribution in [2.75, 3.05) is 0 Å². The highest BCUT2D eigenvalue weighted by atomic mass is 19.4. The first kappa shape index (κ1) is 18.4. The lowest BCUT2D eigenvalue weighted by molar-refractivity contribution is -0.137. The summed E-state index contributed by atoms with van der Waals surface area (Å²) < 4.78 is 40.1. The van der Waals surface area contributed by atoms with E-state index in [0.717, 1.165) is 37.8 Å². The molecular weight excluding hydrogens is 345 g/mol. The predicted octanol–water partition coefficient (Wildman–Crippen LogP) is 3.20. The predicted molar refractivity (Wildman–Crippen MR) is 91.0 cm³/mol. The van der Waals surface area contributed by atoms with E-state index in [9.17, 15) is 18.0 Å². The Labute approximate surface area is 149 Å². The van der Waals surface area contributed by atoms with Crippen LogP contribution in [0.2, 0.25) is 0 Å². The first-order chi connectivity index (χ1) is 12.3. The third kappa shape index (κ3) is 3.90. The molecule has 140 valence electrons. The molecule has 0 bridgehead atoms. The smallest absolute Gasteiger partial charge is 0.349 e. The summed E-state index contributed by atoms with van der Waals surface area (Å²) in [6, 6.07) is 5.13. The van der Waals surface area contributed by atoms with Gasteiger partial charge >= 0.3 is 6.18 Å². The van der Waals surface area contributed by atoms with E-state index in [-0.39, 0.29) is 23.7 Å². The molecule has 0 radical (unpaired) electrons. The minimum absolute atomic E-state index is 0.0682. The van der Waals surface area contributed by atoms with Gasteiger partial charge in [0.05, 0.1) is 28.7 Å². The minimum Gasteiger partial charge on any atom is -0.349 e. The van der Waals surface area contributed by atoms with Gasteiger partial charge < -0.3 is 11.1 Å². The lowest BCUT2D eigenvalue weighted by atomic mass is 9.91. The quantitative estimate of drug-likeness (QED) is 0.876. The molecule has 26 heavy (non-hydrogen) atoms. The largest absolute Gasteiger partial charge is 0.416 e. The Balaban J connectivity index is 1.79. The summed E-state index contributed by atoms with van der Waals surface area (Å²) in [7, 11) is 0. The van der Waals surface area contributed by atoms with Crippen molar-refractivity contribution in [1.82, 2.24) is 15.1 Å².